The van der Waals surface area contributed by atoms with Crippen LogP contribution in [-0.2, 0) is 28.4 Å². The zero-order chi connectivity index (χ0) is 20.8. The molecule has 1 saturated heterocycles. The Labute approximate surface area is 169 Å². The van der Waals surface area contributed by atoms with Crippen LogP contribution in [0.3, 0.4) is 0 Å². The number of cyclic esters (lactones) is 1. The van der Waals surface area contributed by atoms with Crippen molar-refractivity contribution in [2.75, 3.05) is 25.1 Å². The van der Waals surface area contributed by atoms with Gasteiger partial charge in [0.2, 0.25) is 0 Å². The normalized spacial score (nSPS) is 18.4. The van der Waals surface area contributed by atoms with Crippen molar-refractivity contribution in [1.29, 1.82) is 0 Å². The van der Waals surface area contributed by atoms with Crippen LogP contribution in [-0.4, -0.2) is 54.6 Å². The smallest absolute Gasteiger partial charge is 0.415 e. The van der Waals surface area contributed by atoms with E-state index >= 15 is 0 Å². The second kappa shape index (κ2) is 7.34. The van der Waals surface area contributed by atoms with E-state index in [1.54, 1.807) is 30.5 Å². The SMILES string of the molecule is COc1cccc2c1N(C1CCN(S(=O)(=O)c3cn(C)c(C)n3)CC1)C(=O)OC2. The number of hydrogen-bond donors (Lipinski definition) is 0. The van der Waals surface area contributed by atoms with Crippen molar-refractivity contribution in [2.24, 2.45) is 7.05 Å². The lowest BCUT2D eigenvalue weighted by Gasteiger charge is -2.40. The topological polar surface area (TPSA) is 94.0 Å². The maximum atomic E-state index is 12.9. The van der Waals surface area contributed by atoms with Gasteiger partial charge in [0.25, 0.3) is 10.0 Å². The summed E-state index contributed by atoms with van der Waals surface area (Å²) in [6.07, 6.45) is 2.10. The van der Waals surface area contributed by atoms with Crippen molar-refractivity contribution in [3.63, 3.8) is 0 Å². The van der Waals surface area contributed by atoms with Crippen LogP contribution in [0.5, 0.6) is 5.75 Å². The first-order valence-corrected chi connectivity index (χ1v) is 10.9. The van der Waals surface area contributed by atoms with Gasteiger partial charge in [0, 0.05) is 37.9 Å². The first-order chi connectivity index (χ1) is 13.8. The van der Waals surface area contributed by atoms with Gasteiger partial charge in [0.15, 0.2) is 5.03 Å². The largest absolute Gasteiger partial charge is 0.495 e. The number of fused-ring (bicyclic) bond motifs is 1. The molecule has 2 aromatic rings. The van der Waals surface area contributed by atoms with Gasteiger partial charge in [0.1, 0.15) is 18.2 Å². The zero-order valence-electron chi connectivity index (χ0n) is 16.7. The molecule has 2 aliphatic rings. The minimum atomic E-state index is -3.66. The summed E-state index contributed by atoms with van der Waals surface area (Å²) in [6, 6.07) is 5.40. The lowest BCUT2D eigenvalue weighted by Crippen LogP contribution is -2.50. The molecule has 10 heteroatoms. The summed E-state index contributed by atoms with van der Waals surface area (Å²) in [7, 11) is -0.331. The fourth-order valence-electron chi connectivity index (χ4n) is 3.88. The summed E-state index contributed by atoms with van der Waals surface area (Å²) in [5.74, 6) is 1.25. The molecule has 3 heterocycles. The number of carbonyl (C=O) groups is 1. The number of amides is 1. The van der Waals surface area contributed by atoms with E-state index in [4.69, 9.17) is 9.47 Å². The fourth-order valence-corrected chi connectivity index (χ4v) is 5.37. The highest BCUT2D eigenvalue weighted by Gasteiger charge is 2.39. The van der Waals surface area contributed by atoms with Crippen LogP contribution in [0.25, 0.3) is 0 Å². The summed E-state index contributed by atoms with van der Waals surface area (Å²) in [5, 5.41) is 0.0559. The van der Waals surface area contributed by atoms with Crippen molar-refractivity contribution in [1.82, 2.24) is 13.9 Å². The van der Waals surface area contributed by atoms with Crippen LogP contribution >= 0.6 is 0 Å². The number of ether oxygens (including phenoxy) is 2. The van der Waals surface area contributed by atoms with Crippen LogP contribution in [0.15, 0.2) is 29.4 Å². The van der Waals surface area contributed by atoms with Gasteiger partial charge in [-0.05, 0) is 25.8 Å². The quantitative estimate of drug-likeness (QED) is 0.751. The van der Waals surface area contributed by atoms with E-state index in [0.29, 0.717) is 43.2 Å². The number of benzene rings is 1. The first kappa shape index (κ1) is 19.7. The standard InChI is InChI=1S/C19H24N4O5S/c1-13-20-17(11-21(13)2)29(25,26)22-9-7-15(8-10-22)23-18-14(12-28-19(23)24)5-4-6-16(18)27-3/h4-6,11,15H,7-10,12H2,1-3H3. The third-order valence-corrected chi connectivity index (χ3v) is 7.34. The number of piperidine rings is 1. The predicted octanol–water partition coefficient (Wildman–Crippen LogP) is 2.05. The van der Waals surface area contributed by atoms with E-state index in [-0.39, 0.29) is 17.7 Å². The van der Waals surface area contributed by atoms with Gasteiger partial charge in [-0.2, -0.15) is 4.31 Å². The molecular weight excluding hydrogens is 396 g/mol. The summed E-state index contributed by atoms with van der Waals surface area (Å²) >= 11 is 0. The van der Waals surface area contributed by atoms with E-state index in [9.17, 15) is 13.2 Å². The molecule has 0 radical (unpaired) electrons. The van der Waals surface area contributed by atoms with Crippen molar-refractivity contribution in [3.05, 3.63) is 35.8 Å². The zero-order valence-corrected chi connectivity index (χ0v) is 17.5. The lowest BCUT2D eigenvalue weighted by molar-refractivity contribution is 0.135. The average Bonchev–Trinajstić information content (AvgIpc) is 3.07. The second-order valence-electron chi connectivity index (χ2n) is 7.27. The van der Waals surface area contributed by atoms with Crippen LogP contribution in [0, 0.1) is 6.92 Å². The monoisotopic (exact) mass is 420 g/mol. The van der Waals surface area contributed by atoms with Gasteiger partial charge in [-0.3, -0.25) is 4.90 Å². The molecule has 0 spiro atoms. The van der Waals surface area contributed by atoms with E-state index < -0.39 is 16.1 Å². The van der Waals surface area contributed by atoms with Gasteiger partial charge >= 0.3 is 6.09 Å². The highest BCUT2D eigenvalue weighted by Crippen LogP contribution is 2.39. The van der Waals surface area contributed by atoms with Crippen LogP contribution in [0.1, 0.15) is 24.2 Å². The molecule has 1 amide bonds. The van der Waals surface area contributed by atoms with E-state index in [0.717, 1.165) is 5.56 Å². The maximum Gasteiger partial charge on any atom is 0.415 e. The molecule has 0 bridgehead atoms. The predicted molar refractivity (Wildman–Crippen MR) is 105 cm³/mol. The number of rotatable bonds is 4. The number of anilines is 1. The molecule has 29 heavy (non-hydrogen) atoms. The lowest BCUT2D eigenvalue weighted by atomic mass is 10.0. The molecule has 1 fully saturated rings. The van der Waals surface area contributed by atoms with Gasteiger partial charge in [-0.1, -0.05) is 12.1 Å². The highest BCUT2D eigenvalue weighted by molar-refractivity contribution is 7.89. The molecule has 4 rings (SSSR count). The number of methoxy groups -OCH3 is 1. The van der Waals surface area contributed by atoms with E-state index in [1.165, 1.54) is 10.5 Å². The van der Waals surface area contributed by atoms with Crippen molar-refractivity contribution in [2.45, 2.75) is 37.4 Å². The molecule has 1 aromatic heterocycles. The summed E-state index contributed by atoms with van der Waals surface area (Å²) < 4.78 is 39.8. The summed E-state index contributed by atoms with van der Waals surface area (Å²) in [5.41, 5.74) is 1.59. The minimum Gasteiger partial charge on any atom is -0.495 e. The number of aryl methyl sites for hydroxylation is 2. The van der Waals surface area contributed by atoms with Gasteiger partial charge < -0.3 is 14.0 Å². The number of carbonyl (C=O) groups excluding carboxylic acids is 1. The molecule has 0 saturated carbocycles. The number of para-hydroxylation sites is 1. The van der Waals surface area contributed by atoms with E-state index in [2.05, 4.69) is 4.98 Å². The Balaban J connectivity index is 1.56. The third kappa shape index (κ3) is 3.36. The Hall–Kier alpha value is -2.59. The highest BCUT2D eigenvalue weighted by atomic mass is 32.2. The van der Waals surface area contributed by atoms with Crippen molar-refractivity contribution < 1.29 is 22.7 Å². The Kier molecular flexibility index (Phi) is 4.99. The summed E-state index contributed by atoms with van der Waals surface area (Å²) in [4.78, 5) is 18.3. The van der Waals surface area contributed by atoms with E-state index in [1.807, 2.05) is 18.2 Å². The fraction of sp³-hybridized carbons (Fsp3) is 0.474. The minimum absolute atomic E-state index is 0.0559. The molecule has 0 atom stereocenters. The molecule has 9 nitrogen and oxygen atoms in total. The molecule has 1 aromatic carbocycles. The molecule has 2 aliphatic heterocycles. The van der Waals surface area contributed by atoms with Crippen molar-refractivity contribution in [3.8, 4) is 5.75 Å². The Morgan fingerprint density at radius 1 is 1.24 bits per heavy atom. The average molecular weight is 420 g/mol. The summed E-state index contributed by atoms with van der Waals surface area (Å²) in [6.45, 7) is 2.57. The second-order valence-corrected chi connectivity index (χ2v) is 9.15. The Bertz CT molecular complexity index is 1010. The number of hydrogen-bond acceptors (Lipinski definition) is 6. The number of imidazole rings is 1. The third-order valence-electron chi connectivity index (χ3n) is 5.57. The number of aromatic nitrogens is 2. The van der Waals surface area contributed by atoms with Crippen molar-refractivity contribution >= 4 is 21.8 Å². The number of sulfonamides is 1. The van der Waals surface area contributed by atoms with Crippen LogP contribution in [0.2, 0.25) is 0 Å². The maximum absolute atomic E-state index is 12.9. The Morgan fingerprint density at radius 2 is 1.97 bits per heavy atom. The number of nitrogens with zero attached hydrogens (tertiary/aromatic N) is 4. The van der Waals surface area contributed by atoms with Gasteiger partial charge in [0.05, 0.1) is 12.8 Å². The van der Waals surface area contributed by atoms with Gasteiger partial charge in [-0.15, -0.1) is 0 Å². The molecular formula is C19H24N4O5S. The Morgan fingerprint density at radius 3 is 2.59 bits per heavy atom. The van der Waals surface area contributed by atoms with Gasteiger partial charge in [-0.25, -0.2) is 18.2 Å². The molecule has 0 N–H and O–H groups in total. The molecule has 0 aliphatic carbocycles. The van der Waals surface area contributed by atoms with Crippen LogP contribution in [0.4, 0.5) is 10.5 Å². The van der Waals surface area contributed by atoms with Crippen LogP contribution < -0.4 is 9.64 Å². The molecule has 0 unspecified atom stereocenters. The molecule has 156 valence electrons. The first-order valence-electron chi connectivity index (χ1n) is 9.45.